The number of imide groups is 2. The second kappa shape index (κ2) is 12.1. The summed E-state index contributed by atoms with van der Waals surface area (Å²) in [6, 6.07) is 25.5. The normalized spacial score (nSPS) is 14.6. The van der Waals surface area contributed by atoms with Crippen molar-refractivity contribution in [2.75, 3.05) is 9.80 Å². The Hall–Kier alpha value is -5.88. The molecule has 0 aromatic heterocycles. The minimum atomic E-state index is -0.331. The van der Waals surface area contributed by atoms with Crippen LogP contribution in [0.3, 0.4) is 0 Å². The lowest BCUT2D eigenvalue weighted by atomic mass is 9.80. The van der Waals surface area contributed by atoms with E-state index in [2.05, 4.69) is 55.4 Å². The number of hydrogen-bond donors (Lipinski definition) is 0. The molecular formula is C49H44N2O4. The number of rotatable bonds is 6. The highest BCUT2D eigenvalue weighted by molar-refractivity contribution is 6.45. The first-order valence-corrected chi connectivity index (χ1v) is 19.5. The van der Waals surface area contributed by atoms with Crippen LogP contribution in [-0.2, 0) is 0 Å². The van der Waals surface area contributed by atoms with Gasteiger partial charge in [-0.1, -0.05) is 110 Å². The van der Waals surface area contributed by atoms with Crippen molar-refractivity contribution in [3.05, 3.63) is 129 Å². The highest BCUT2D eigenvalue weighted by Crippen LogP contribution is 2.49. The number of amides is 4. The van der Waals surface area contributed by atoms with Crippen LogP contribution in [0.25, 0.3) is 43.1 Å². The number of anilines is 2. The van der Waals surface area contributed by atoms with E-state index in [1.807, 2.05) is 85.8 Å². The Morgan fingerprint density at radius 2 is 0.727 bits per heavy atom. The third-order valence-electron chi connectivity index (χ3n) is 12.1. The summed E-state index contributed by atoms with van der Waals surface area (Å²) in [6.07, 6.45) is 0. The van der Waals surface area contributed by atoms with Gasteiger partial charge in [0.2, 0.25) is 0 Å². The van der Waals surface area contributed by atoms with Crippen LogP contribution < -0.4 is 9.80 Å². The molecular weight excluding hydrogens is 681 g/mol. The van der Waals surface area contributed by atoms with E-state index in [0.29, 0.717) is 44.4 Å². The number of nitrogens with zero attached hydrogens (tertiary/aromatic N) is 2. The van der Waals surface area contributed by atoms with Gasteiger partial charge in [-0.15, -0.1) is 0 Å². The Bertz CT molecular complexity index is 2800. The van der Waals surface area contributed by atoms with Crippen LogP contribution in [0, 0.1) is 6.92 Å². The summed E-state index contributed by atoms with van der Waals surface area (Å²) >= 11 is 0. The second-order valence-electron chi connectivity index (χ2n) is 16.7. The fourth-order valence-electron chi connectivity index (χ4n) is 9.52. The first kappa shape index (κ1) is 34.9. The molecule has 0 N–H and O–H groups in total. The molecule has 7 aromatic rings. The number of benzene rings is 7. The predicted octanol–water partition coefficient (Wildman–Crippen LogP) is 12.1. The Kier molecular flexibility index (Phi) is 7.64. The van der Waals surface area contributed by atoms with Gasteiger partial charge < -0.3 is 0 Å². The SMILES string of the molecule is Cc1cc2c3c(ccc4c5ccc6c7c(ccc(c1c34)c75)C(=O)N(c1c(C(C)C)cccc1C(C)C)C6=O)C(=O)N(c1c(C(C)C)cccc1C(C)C)C2=O. The van der Waals surface area contributed by atoms with Crippen LogP contribution in [0.4, 0.5) is 11.4 Å². The van der Waals surface area contributed by atoms with Gasteiger partial charge in [0.1, 0.15) is 0 Å². The van der Waals surface area contributed by atoms with E-state index in [1.54, 1.807) is 0 Å². The highest BCUT2D eigenvalue weighted by atomic mass is 16.2. The first-order valence-electron chi connectivity index (χ1n) is 19.5. The minimum Gasteiger partial charge on any atom is -0.268 e. The minimum absolute atomic E-state index is 0.0967. The van der Waals surface area contributed by atoms with Gasteiger partial charge in [-0.25, -0.2) is 9.80 Å². The lowest BCUT2D eigenvalue weighted by molar-refractivity contribution is 0.0877. The molecule has 0 spiro atoms. The molecule has 55 heavy (non-hydrogen) atoms. The fraction of sp³-hybridized carbons (Fsp3) is 0.265. The summed E-state index contributed by atoms with van der Waals surface area (Å²) in [4.78, 5) is 61.8. The molecule has 7 aromatic carbocycles. The second-order valence-corrected chi connectivity index (χ2v) is 16.7. The maximum Gasteiger partial charge on any atom is 0.266 e. The number of para-hydroxylation sites is 2. The van der Waals surface area contributed by atoms with E-state index in [1.165, 1.54) is 9.80 Å². The molecule has 2 aliphatic rings. The molecule has 0 bridgehead atoms. The molecule has 0 fully saturated rings. The number of carbonyl (C=O) groups excluding carboxylic acids is 4. The van der Waals surface area contributed by atoms with Crippen molar-refractivity contribution >= 4 is 78.1 Å². The van der Waals surface area contributed by atoms with Gasteiger partial charge in [0.25, 0.3) is 23.6 Å². The molecule has 0 aliphatic carbocycles. The Balaban J connectivity index is 1.30. The van der Waals surface area contributed by atoms with Crippen molar-refractivity contribution in [2.45, 2.75) is 86.0 Å². The standard InChI is InChI=1S/C49H44N2O4/c1-23(2)28-12-10-13-29(24(3)4)44(28)50-46(52)35-19-16-32-33-17-20-37-42-38(22-27(9)39(43(33)42)34-18-21-36(47(50)53)41(35)40(32)34)49(55)51(48(37)54)45-30(25(5)6)14-11-15-31(45)26(7)8/h10-26H,1-9H3. The van der Waals surface area contributed by atoms with Crippen LogP contribution in [-0.4, -0.2) is 23.6 Å². The van der Waals surface area contributed by atoms with Crippen LogP contribution in [0.15, 0.2) is 78.9 Å². The number of aryl methyl sites for hydroxylation is 1. The van der Waals surface area contributed by atoms with Crippen molar-refractivity contribution < 1.29 is 19.2 Å². The molecule has 0 unspecified atom stereocenters. The van der Waals surface area contributed by atoms with Gasteiger partial charge in [0, 0.05) is 33.0 Å². The maximum atomic E-state index is 14.8. The van der Waals surface area contributed by atoms with Gasteiger partial charge >= 0.3 is 0 Å². The molecule has 274 valence electrons. The van der Waals surface area contributed by atoms with Gasteiger partial charge in [-0.05, 0) is 115 Å². The van der Waals surface area contributed by atoms with E-state index in [0.717, 1.165) is 60.1 Å². The number of hydrogen-bond acceptors (Lipinski definition) is 4. The third kappa shape index (κ3) is 4.60. The van der Waals surface area contributed by atoms with Gasteiger partial charge in [0.15, 0.2) is 0 Å². The summed E-state index contributed by atoms with van der Waals surface area (Å²) in [5, 5.41) is 6.56. The zero-order valence-electron chi connectivity index (χ0n) is 32.8. The van der Waals surface area contributed by atoms with E-state index in [-0.39, 0.29) is 47.3 Å². The zero-order valence-corrected chi connectivity index (χ0v) is 32.8. The topological polar surface area (TPSA) is 74.8 Å². The fourth-order valence-corrected chi connectivity index (χ4v) is 9.52. The summed E-state index contributed by atoms with van der Waals surface area (Å²) in [6.45, 7) is 18.7. The summed E-state index contributed by atoms with van der Waals surface area (Å²) < 4.78 is 0. The predicted molar refractivity (Wildman–Crippen MR) is 224 cm³/mol. The van der Waals surface area contributed by atoms with Crippen LogP contribution in [0.1, 0.15) is 148 Å². The first-order chi connectivity index (χ1) is 26.2. The molecule has 9 rings (SSSR count). The van der Waals surface area contributed by atoms with Crippen LogP contribution in [0.5, 0.6) is 0 Å². The molecule has 6 heteroatoms. The molecule has 0 atom stereocenters. The van der Waals surface area contributed by atoms with Gasteiger partial charge in [0.05, 0.1) is 11.4 Å². The maximum absolute atomic E-state index is 14.8. The summed E-state index contributed by atoms with van der Waals surface area (Å²) in [7, 11) is 0. The average molecular weight is 725 g/mol. The van der Waals surface area contributed by atoms with E-state index in [4.69, 9.17) is 0 Å². The molecule has 6 nitrogen and oxygen atoms in total. The lowest BCUT2D eigenvalue weighted by Crippen LogP contribution is -2.42. The Morgan fingerprint density at radius 3 is 1.13 bits per heavy atom. The van der Waals surface area contributed by atoms with E-state index < -0.39 is 0 Å². The largest absolute Gasteiger partial charge is 0.268 e. The van der Waals surface area contributed by atoms with Crippen molar-refractivity contribution in [3.63, 3.8) is 0 Å². The zero-order chi connectivity index (χ0) is 38.9. The highest BCUT2D eigenvalue weighted by Gasteiger charge is 2.41. The van der Waals surface area contributed by atoms with Gasteiger partial charge in [-0.3, -0.25) is 19.2 Å². The lowest BCUT2D eigenvalue weighted by Gasteiger charge is -2.34. The molecule has 0 saturated heterocycles. The Morgan fingerprint density at radius 1 is 0.382 bits per heavy atom. The van der Waals surface area contributed by atoms with Crippen molar-refractivity contribution in [3.8, 4) is 0 Å². The van der Waals surface area contributed by atoms with Crippen LogP contribution >= 0.6 is 0 Å². The molecule has 2 heterocycles. The van der Waals surface area contributed by atoms with Crippen molar-refractivity contribution in [1.29, 1.82) is 0 Å². The summed E-state index contributed by atoms with van der Waals surface area (Å²) in [5.41, 5.74) is 8.06. The molecule has 4 amide bonds. The van der Waals surface area contributed by atoms with Crippen molar-refractivity contribution in [1.82, 2.24) is 0 Å². The van der Waals surface area contributed by atoms with Crippen LogP contribution in [0.2, 0.25) is 0 Å². The number of carbonyl (C=O) groups is 4. The molecule has 2 aliphatic heterocycles. The van der Waals surface area contributed by atoms with Crippen molar-refractivity contribution in [2.24, 2.45) is 0 Å². The molecule has 0 radical (unpaired) electrons. The summed E-state index contributed by atoms with van der Waals surface area (Å²) in [5.74, 6) is -0.927. The van der Waals surface area contributed by atoms with E-state index >= 15 is 0 Å². The molecule has 0 saturated carbocycles. The average Bonchev–Trinajstić information content (AvgIpc) is 3.15. The van der Waals surface area contributed by atoms with Gasteiger partial charge in [-0.2, -0.15) is 0 Å². The monoisotopic (exact) mass is 724 g/mol. The Labute approximate surface area is 321 Å². The quantitative estimate of drug-likeness (QED) is 0.0972. The number of fused-ring (bicyclic) bond motifs is 2. The third-order valence-corrected chi connectivity index (χ3v) is 12.1. The smallest absolute Gasteiger partial charge is 0.266 e. The van der Waals surface area contributed by atoms with E-state index in [9.17, 15) is 19.2 Å².